The maximum atomic E-state index is 13.7. The van der Waals surface area contributed by atoms with Gasteiger partial charge in [-0.3, -0.25) is 19.2 Å². The van der Waals surface area contributed by atoms with Gasteiger partial charge in [0, 0.05) is 31.2 Å². The van der Waals surface area contributed by atoms with Gasteiger partial charge in [0.05, 0.1) is 6.54 Å². The highest BCUT2D eigenvalue weighted by Gasteiger charge is 2.23. The lowest BCUT2D eigenvalue weighted by Crippen LogP contribution is -2.40. The van der Waals surface area contributed by atoms with E-state index >= 15 is 0 Å². The minimum absolute atomic E-state index is 0.00921. The van der Waals surface area contributed by atoms with Gasteiger partial charge in [-0.05, 0) is 29.5 Å². The molecule has 1 unspecified atom stereocenters. The number of carbonyl (C=O) groups excluding carboxylic acids is 2. The predicted molar refractivity (Wildman–Crippen MR) is 156 cm³/mol. The number of aliphatic carboxylic acids is 1. The molecule has 0 saturated heterocycles. The Bertz CT molecular complexity index is 1490. The zero-order chi connectivity index (χ0) is 33.8. The van der Waals surface area contributed by atoms with Gasteiger partial charge in [-0.2, -0.15) is 13.9 Å². The highest BCUT2D eigenvalue weighted by molar-refractivity contribution is 5.88. The molecular formula is C31H37F4N3O6. The zero-order valence-electron chi connectivity index (χ0n) is 25.6. The van der Waals surface area contributed by atoms with Crippen LogP contribution in [0.5, 0.6) is 5.75 Å². The molecule has 44 heavy (non-hydrogen) atoms. The third-order valence-electron chi connectivity index (χ3n) is 5.81. The summed E-state index contributed by atoms with van der Waals surface area (Å²) >= 11 is 0. The van der Waals surface area contributed by atoms with Crippen molar-refractivity contribution in [3.05, 3.63) is 92.9 Å². The molecule has 0 aliphatic heterocycles. The van der Waals surface area contributed by atoms with Crippen molar-refractivity contribution in [1.29, 1.82) is 0 Å². The van der Waals surface area contributed by atoms with Crippen molar-refractivity contribution in [2.75, 3.05) is 13.2 Å². The Labute approximate surface area is 252 Å². The van der Waals surface area contributed by atoms with Crippen LogP contribution in [0.4, 0.5) is 17.6 Å². The number of hydrogen-bond donors (Lipinski definition) is 2. The molecule has 3 rings (SSSR count). The molecule has 13 heteroatoms. The van der Waals surface area contributed by atoms with E-state index in [0.29, 0.717) is 12.0 Å². The first-order valence-electron chi connectivity index (χ1n) is 13.6. The van der Waals surface area contributed by atoms with Crippen LogP contribution in [0.15, 0.2) is 47.4 Å². The summed E-state index contributed by atoms with van der Waals surface area (Å²) in [6.45, 7) is 11.1. The number of carboxylic acid groups (broad SMARTS) is 1. The van der Waals surface area contributed by atoms with Crippen LogP contribution < -0.4 is 15.6 Å². The van der Waals surface area contributed by atoms with E-state index in [1.54, 1.807) is 6.07 Å². The summed E-state index contributed by atoms with van der Waals surface area (Å²) in [4.78, 5) is 46.8. The number of carboxylic acids is 1. The SMILES string of the molecule is CC.CC(=O)O.CC(C(=O)NCC(=O)COc1c(F)c(F)cc(F)c1F)n1nccc(Cc2ccccc2C(C)(C)C)c1=O. The molecule has 0 aliphatic carbocycles. The number of benzene rings is 2. The molecule has 0 aliphatic rings. The van der Waals surface area contributed by atoms with E-state index in [9.17, 15) is 31.9 Å². The van der Waals surface area contributed by atoms with Crippen LogP contribution in [0.3, 0.4) is 0 Å². The number of nitrogens with zero attached hydrogens (tertiary/aromatic N) is 2. The Kier molecular flexibility index (Phi) is 14.4. The second-order valence-corrected chi connectivity index (χ2v) is 10.2. The standard InChI is InChI=1S/C27H27F4N3O4.C2H4O2.C2H6/c1-15(25(36)32-13-18(35)14-38-24-22(30)20(28)12-21(29)23(24)31)34-26(37)17(9-10-33-34)11-16-7-5-6-8-19(16)27(2,3)4;1-2(3)4;1-2/h5-10,12,15H,11,13-14H2,1-4H3,(H,32,36);1H3,(H,3,4);1-2H3. The second kappa shape index (κ2) is 16.9. The topological polar surface area (TPSA) is 128 Å². The van der Waals surface area contributed by atoms with Crippen molar-refractivity contribution >= 4 is 17.7 Å². The quantitative estimate of drug-likeness (QED) is 0.250. The van der Waals surface area contributed by atoms with Crippen LogP contribution in [0.1, 0.15) is 71.2 Å². The fourth-order valence-corrected chi connectivity index (χ4v) is 3.81. The molecule has 2 N–H and O–H groups in total. The fourth-order valence-electron chi connectivity index (χ4n) is 3.81. The van der Waals surface area contributed by atoms with Crippen LogP contribution >= 0.6 is 0 Å². The number of aromatic nitrogens is 2. The maximum absolute atomic E-state index is 13.7. The Morgan fingerprint density at radius 1 is 1.00 bits per heavy atom. The summed E-state index contributed by atoms with van der Waals surface area (Å²) in [6.07, 6.45) is 1.73. The van der Waals surface area contributed by atoms with Crippen molar-refractivity contribution in [2.24, 2.45) is 0 Å². The average molecular weight is 624 g/mol. The number of nitrogens with one attached hydrogen (secondary N) is 1. The molecule has 1 amide bonds. The third-order valence-corrected chi connectivity index (χ3v) is 5.81. The minimum Gasteiger partial charge on any atom is -0.481 e. The minimum atomic E-state index is -1.79. The lowest BCUT2D eigenvalue weighted by atomic mass is 9.82. The number of halogens is 4. The first-order chi connectivity index (χ1) is 20.5. The highest BCUT2D eigenvalue weighted by atomic mass is 19.2. The Hall–Kier alpha value is -4.55. The molecule has 1 atom stereocenters. The number of rotatable bonds is 9. The lowest BCUT2D eigenvalue weighted by Gasteiger charge is -2.23. The molecule has 0 radical (unpaired) electrons. The van der Waals surface area contributed by atoms with E-state index in [4.69, 9.17) is 9.90 Å². The number of ether oxygens (including phenoxy) is 1. The van der Waals surface area contributed by atoms with Crippen LogP contribution in [-0.2, 0) is 26.2 Å². The maximum Gasteiger partial charge on any atom is 0.300 e. The van der Waals surface area contributed by atoms with Gasteiger partial charge in [0.15, 0.2) is 23.2 Å². The van der Waals surface area contributed by atoms with Gasteiger partial charge in [0.25, 0.3) is 11.5 Å². The van der Waals surface area contributed by atoms with Crippen molar-refractivity contribution in [1.82, 2.24) is 15.1 Å². The molecule has 3 aromatic rings. The van der Waals surface area contributed by atoms with Gasteiger partial charge in [-0.25, -0.2) is 13.5 Å². The number of amides is 1. The van der Waals surface area contributed by atoms with Crippen LogP contribution in [0, 0.1) is 23.3 Å². The summed E-state index contributed by atoms with van der Waals surface area (Å²) in [6, 6.07) is 8.24. The number of ketones is 1. The first-order valence-corrected chi connectivity index (χ1v) is 13.6. The Balaban J connectivity index is 0.00000149. The van der Waals surface area contributed by atoms with E-state index in [0.717, 1.165) is 22.7 Å². The molecule has 1 heterocycles. The molecular weight excluding hydrogens is 586 g/mol. The number of hydrogen-bond acceptors (Lipinski definition) is 6. The van der Waals surface area contributed by atoms with Gasteiger partial charge in [0.2, 0.25) is 17.5 Å². The molecule has 0 spiro atoms. The van der Waals surface area contributed by atoms with Gasteiger partial charge in [0.1, 0.15) is 12.6 Å². The lowest BCUT2D eigenvalue weighted by molar-refractivity contribution is -0.134. The van der Waals surface area contributed by atoms with Crippen LogP contribution in [-0.4, -0.2) is 45.7 Å². The Morgan fingerprint density at radius 2 is 1.55 bits per heavy atom. The van der Waals surface area contributed by atoms with E-state index in [2.05, 4.69) is 35.9 Å². The normalized spacial score (nSPS) is 11.2. The molecule has 2 aromatic carbocycles. The third kappa shape index (κ3) is 10.6. The predicted octanol–water partition coefficient (Wildman–Crippen LogP) is 5.13. The average Bonchev–Trinajstić information content (AvgIpc) is 2.96. The van der Waals surface area contributed by atoms with Gasteiger partial charge >= 0.3 is 0 Å². The van der Waals surface area contributed by atoms with Crippen molar-refractivity contribution < 1.29 is 41.8 Å². The van der Waals surface area contributed by atoms with Crippen molar-refractivity contribution in [2.45, 2.75) is 66.3 Å². The molecule has 1 aromatic heterocycles. The molecule has 0 saturated carbocycles. The summed E-state index contributed by atoms with van der Waals surface area (Å²) < 4.78 is 59.4. The summed E-state index contributed by atoms with van der Waals surface area (Å²) in [7, 11) is 0. The molecule has 0 bridgehead atoms. The Morgan fingerprint density at radius 3 is 2.09 bits per heavy atom. The van der Waals surface area contributed by atoms with E-state index < -0.39 is 71.4 Å². The van der Waals surface area contributed by atoms with Gasteiger partial charge in [-0.1, -0.05) is 58.9 Å². The summed E-state index contributed by atoms with van der Waals surface area (Å²) in [5.74, 6) is -10.7. The number of carbonyl (C=O) groups is 3. The van der Waals surface area contributed by atoms with E-state index in [1.165, 1.54) is 13.1 Å². The van der Waals surface area contributed by atoms with Crippen LogP contribution in [0.2, 0.25) is 0 Å². The highest BCUT2D eigenvalue weighted by Crippen LogP contribution is 2.27. The van der Waals surface area contributed by atoms with Crippen molar-refractivity contribution in [3.8, 4) is 5.75 Å². The summed E-state index contributed by atoms with van der Waals surface area (Å²) in [5.41, 5.74) is 1.84. The number of Topliss-reactive ketones (excluding diaryl/α,β-unsaturated/α-hetero) is 1. The smallest absolute Gasteiger partial charge is 0.300 e. The molecule has 240 valence electrons. The van der Waals surface area contributed by atoms with E-state index in [-0.39, 0.29) is 11.5 Å². The monoisotopic (exact) mass is 623 g/mol. The van der Waals surface area contributed by atoms with E-state index in [1.807, 2.05) is 38.1 Å². The summed E-state index contributed by atoms with van der Waals surface area (Å²) in [5, 5.41) is 13.7. The van der Waals surface area contributed by atoms with Crippen molar-refractivity contribution in [3.63, 3.8) is 0 Å². The molecule has 0 fully saturated rings. The van der Waals surface area contributed by atoms with Gasteiger partial charge in [-0.15, -0.1) is 0 Å². The fraction of sp³-hybridized carbons (Fsp3) is 0.387. The van der Waals surface area contributed by atoms with Crippen LogP contribution in [0.25, 0.3) is 0 Å². The second-order valence-electron chi connectivity index (χ2n) is 10.2. The largest absolute Gasteiger partial charge is 0.481 e. The first kappa shape index (κ1) is 37.5. The van der Waals surface area contributed by atoms with Gasteiger partial charge < -0.3 is 15.2 Å². The zero-order valence-corrected chi connectivity index (χ0v) is 25.6. The molecule has 9 nitrogen and oxygen atoms in total.